The Balaban J connectivity index is 1.47. The number of ether oxygens (including phenoxy) is 2. The van der Waals surface area contributed by atoms with E-state index in [9.17, 15) is 4.79 Å². The Labute approximate surface area is 160 Å². The molecule has 6 heteroatoms. The van der Waals surface area contributed by atoms with E-state index in [0.717, 1.165) is 24.3 Å². The van der Waals surface area contributed by atoms with Crippen molar-refractivity contribution in [2.24, 2.45) is 5.92 Å². The molecule has 27 heavy (non-hydrogen) atoms. The predicted molar refractivity (Wildman–Crippen MR) is 102 cm³/mol. The number of fused-ring (bicyclic) bond motifs is 2. The topological polar surface area (TPSA) is 56.6 Å². The standard InChI is InChI=1S/C21H27N3O3/c1-14(2)23-12-16(11-22-23)21(25)24-17-5-4-15(10-17)20(24)13-27-19-8-6-18(26-3)7-9-19/h6-9,11-12,14-15,17,20H,4-5,10,13H2,1-3H3/t15-,17+,20-/m1/s1. The minimum absolute atomic E-state index is 0.0810. The Kier molecular flexibility index (Phi) is 4.81. The van der Waals surface area contributed by atoms with Crippen molar-refractivity contribution in [3.63, 3.8) is 0 Å². The van der Waals surface area contributed by atoms with Gasteiger partial charge in [0.2, 0.25) is 0 Å². The predicted octanol–water partition coefficient (Wildman–Crippen LogP) is 3.54. The second-order valence-electron chi connectivity index (χ2n) is 7.80. The van der Waals surface area contributed by atoms with Crippen LogP contribution >= 0.6 is 0 Å². The largest absolute Gasteiger partial charge is 0.497 e. The number of benzene rings is 1. The summed E-state index contributed by atoms with van der Waals surface area (Å²) in [5.41, 5.74) is 0.672. The van der Waals surface area contributed by atoms with E-state index in [1.54, 1.807) is 13.3 Å². The Morgan fingerprint density at radius 1 is 1.22 bits per heavy atom. The molecule has 144 valence electrons. The zero-order valence-electron chi connectivity index (χ0n) is 16.2. The number of rotatable bonds is 6. The van der Waals surface area contributed by atoms with Gasteiger partial charge in [-0.3, -0.25) is 9.48 Å². The first-order valence-electron chi connectivity index (χ1n) is 9.70. The maximum atomic E-state index is 13.2. The minimum atomic E-state index is 0.0810. The smallest absolute Gasteiger partial charge is 0.257 e. The van der Waals surface area contributed by atoms with Gasteiger partial charge in [-0.1, -0.05) is 0 Å². The van der Waals surface area contributed by atoms with E-state index >= 15 is 0 Å². The molecule has 1 aliphatic carbocycles. The lowest BCUT2D eigenvalue weighted by Crippen LogP contribution is -2.47. The number of hydrogen-bond acceptors (Lipinski definition) is 4. The van der Waals surface area contributed by atoms with Gasteiger partial charge in [0.15, 0.2) is 0 Å². The quantitative estimate of drug-likeness (QED) is 0.781. The first-order chi connectivity index (χ1) is 13.1. The van der Waals surface area contributed by atoms with Crippen LogP contribution in [0, 0.1) is 5.92 Å². The van der Waals surface area contributed by atoms with Gasteiger partial charge in [-0.2, -0.15) is 5.10 Å². The van der Waals surface area contributed by atoms with Crippen LogP contribution in [0.3, 0.4) is 0 Å². The molecule has 3 atom stereocenters. The van der Waals surface area contributed by atoms with Gasteiger partial charge in [0.25, 0.3) is 5.91 Å². The summed E-state index contributed by atoms with van der Waals surface area (Å²) in [4.78, 5) is 15.2. The van der Waals surface area contributed by atoms with Gasteiger partial charge in [0.05, 0.1) is 24.9 Å². The van der Waals surface area contributed by atoms with E-state index < -0.39 is 0 Å². The summed E-state index contributed by atoms with van der Waals surface area (Å²) >= 11 is 0. The first-order valence-corrected chi connectivity index (χ1v) is 9.70. The van der Waals surface area contributed by atoms with Gasteiger partial charge in [-0.05, 0) is 63.3 Å². The molecular formula is C21H27N3O3. The van der Waals surface area contributed by atoms with Crippen LogP contribution in [0.5, 0.6) is 11.5 Å². The summed E-state index contributed by atoms with van der Waals surface area (Å²) in [6, 6.07) is 8.29. The van der Waals surface area contributed by atoms with Crippen LogP contribution in [-0.4, -0.2) is 46.4 Å². The van der Waals surface area contributed by atoms with Crippen LogP contribution in [0.4, 0.5) is 0 Å². The maximum Gasteiger partial charge on any atom is 0.257 e. The minimum Gasteiger partial charge on any atom is -0.497 e. The number of aromatic nitrogens is 2. The number of carbonyl (C=O) groups excluding carboxylic acids is 1. The third-order valence-corrected chi connectivity index (χ3v) is 5.83. The summed E-state index contributed by atoms with van der Waals surface area (Å²) in [6.07, 6.45) is 6.90. The van der Waals surface area contributed by atoms with E-state index in [2.05, 4.69) is 23.8 Å². The van der Waals surface area contributed by atoms with E-state index in [0.29, 0.717) is 24.1 Å². The molecule has 1 aromatic carbocycles. The molecule has 2 heterocycles. The summed E-state index contributed by atoms with van der Waals surface area (Å²) in [5, 5.41) is 4.33. The summed E-state index contributed by atoms with van der Waals surface area (Å²) in [5.74, 6) is 2.22. The fourth-order valence-corrected chi connectivity index (χ4v) is 4.36. The Morgan fingerprint density at radius 3 is 2.63 bits per heavy atom. The van der Waals surface area contributed by atoms with Gasteiger partial charge in [-0.15, -0.1) is 0 Å². The van der Waals surface area contributed by atoms with Crippen LogP contribution in [0.25, 0.3) is 0 Å². The number of methoxy groups -OCH3 is 1. The fraction of sp³-hybridized carbons (Fsp3) is 0.524. The van der Waals surface area contributed by atoms with Gasteiger partial charge >= 0.3 is 0 Å². The van der Waals surface area contributed by atoms with Crippen LogP contribution in [0.15, 0.2) is 36.7 Å². The van der Waals surface area contributed by atoms with Crippen molar-refractivity contribution in [2.75, 3.05) is 13.7 Å². The molecule has 1 aromatic heterocycles. The van der Waals surface area contributed by atoms with Gasteiger partial charge < -0.3 is 14.4 Å². The second-order valence-corrected chi connectivity index (χ2v) is 7.80. The molecule has 2 fully saturated rings. The lowest BCUT2D eigenvalue weighted by atomic mass is 9.99. The molecule has 1 saturated heterocycles. The molecule has 4 rings (SSSR count). The highest BCUT2D eigenvalue weighted by molar-refractivity contribution is 5.94. The number of hydrogen-bond donors (Lipinski definition) is 0. The summed E-state index contributed by atoms with van der Waals surface area (Å²) in [6.45, 7) is 4.65. The molecule has 1 saturated carbocycles. The van der Waals surface area contributed by atoms with Crippen molar-refractivity contribution in [3.8, 4) is 11.5 Å². The average Bonchev–Trinajstić information content (AvgIpc) is 3.41. The summed E-state index contributed by atoms with van der Waals surface area (Å²) in [7, 11) is 1.65. The molecule has 0 N–H and O–H groups in total. The van der Waals surface area contributed by atoms with Crippen molar-refractivity contribution in [1.29, 1.82) is 0 Å². The lowest BCUT2D eigenvalue weighted by Gasteiger charge is -2.35. The molecule has 0 spiro atoms. The van der Waals surface area contributed by atoms with E-state index in [-0.39, 0.29) is 18.0 Å². The van der Waals surface area contributed by atoms with Gasteiger partial charge in [0, 0.05) is 18.3 Å². The number of nitrogens with zero attached hydrogens (tertiary/aromatic N) is 3. The third kappa shape index (κ3) is 3.40. The molecule has 2 aliphatic rings. The molecule has 1 aliphatic heterocycles. The third-order valence-electron chi connectivity index (χ3n) is 5.83. The summed E-state index contributed by atoms with van der Waals surface area (Å²) < 4.78 is 13.1. The van der Waals surface area contributed by atoms with Crippen molar-refractivity contribution < 1.29 is 14.3 Å². The molecule has 0 unspecified atom stereocenters. The monoisotopic (exact) mass is 369 g/mol. The normalized spacial score (nSPS) is 23.9. The van der Waals surface area contributed by atoms with E-state index in [1.807, 2.05) is 35.1 Å². The van der Waals surface area contributed by atoms with Gasteiger partial charge in [-0.25, -0.2) is 0 Å². The highest BCUT2D eigenvalue weighted by Crippen LogP contribution is 2.43. The SMILES string of the molecule is COc1ccc(OC[C@@H]2[C@@H]3CC[C@@H](C3)N2C(=O)c2cnn(C(C)C)c2)cc1. The molecule has 1 amide bonds. The molecule has 2 bridgehead atoms. The average molecular weight is 369 g/mol. The second kappa shape index (κ2) is 7.25. The Bertz CT molecular complexity index is 799. The van der Waals surface area contributed by atoms with E-state index in [1.165, 1.54) is 6.42 Å². The van der Waals surface area contributed by atoms with Crippen molar-refractivity contribution >= 4 is 5.91 Å². The Hall–Kier alpha value is -2.50. The van der Waals surface area contributed by atoms with Crippen molar-refractivity contribution in [2.45, 2.75) is 51.2 Å². The lowest BCUT2D eigenvalue weighted by molar-refractivity contribution is 0.0505. The van der Waals surface area contributed by atoms with Crippen molar-refractivity contribution in [3.05, 3.63) is 42.2 Å². The van der Waals surface area contributed by atoms with Crippen LogP contribution in [0.1, 0.15) is 49.5 Å². The number of amides is 1. The zero-order chi connectivity index (χ0) is 19.0. The zero-order valence-corrected chi connectivity index (χ0v) is 16.2. The highest BCUT2D eigenvalue weighted by Gasteiger charge is 2.48. The van der Waals surface area contributed by atoms with Crippen LogP contribution in [-0.2, 0) is 0 Å². The molecule has 2 aromatic rings. The maximum absolute atomic E-state index is 13.2. The number of likely N-dealkylation sites (tertiary alicyclic amines) is 1. The highest BCUT2D eigenvalue weighted by atomic mass is 16.5. The number of carbonyl (C=O) groups is 1. The first kappa shape index (κ1) is 17.9. The molecule has 6 nitrogen and oxygen atoms in total. The van der Waals surface area contributed by atoms with Crippen molar-refractivity contribution in [1.82, 2.24) is 14.7 Å². The van der Waals surface area contributed by atoms with E-state index in [4.69, 9.17) is 9.47 Å². The molecular weight excluding hydrogens is 342 g/mol. The van der Waals surface area contributed by atoms with Gasteiger partial charge in [0.1, 0.15) is 18.1 Å². The van der Waals surface area contributed by atoms with Crippen LogP contribution < -0.4 is 9.47 Å². The fourth-order valence-electron chi connectivity index (χ4n) is 4.36. The Morgan fingerprint density at radius 2 is 1.96 bits per heavy atom. The van der Waals surface area contributed by atoms with Crippen LogP contribution in [0.2, 0.25) is 0 Å². The number of piperidine rings is 1. The molecule has 0 radical (unpaired) electrons.